The molecule has 1 N–H and O–H groups in total. The van der Waals surface area contributed by atoms with Gasteiger partial charge < -0.3 is 10.1 Å². The van der Waals surface area contributed by atoms with Gasteiger partial charge >= 0.3 is 0 Å². The Bertz CT molecular complexity index is 477. The van der Waals surface area contributed by atoms with E-state index in [1.54, 1.807) is 0 Å². The van der Waals surface area contributed by atoms with Gasteiger partial charge in [0.1, 0.15) is 0 Å². The molecule has 4 nitrogen and oxygen atoms in total. The number of nitrogens with zero attached hydrogens (tertiary/aromatic N) is 1. The van der Waals surface area contributed by atoms with Crippen molar-refractivity contribution in [2.75, 3.05) is 39.4 Å². The van der Waals surface area contributed by atoms with E-state index in [4.69, 9.17) is 4.74 Å². The number of nitrogens with one attached hydrogen (secondary N) is 1. The predicted octanol–water partition coefficient (Wildman–Crippen LogP) is 2.86. The fourth-order valence-corrected chi connectivity index (χ4v) is 2.55. The molecule has 1 aliphatic rings. The highest BCUT2D eigenvalue weighted by Crippen LogP contribution is 2.22. The van der Waals surface area contributed by atoms with Gasteiger partial charge in [0.15, 0.2) is 0 Å². The lowest BCUT2D eigenvalue weighted by Crippen LogP contribution is -2.38. The van der Waals surface area contributed by atoms with Gasteiger partial charge in [0.2, 0.25) is 0 Å². The van der Waals surface area contributed by atoms with Crippen LogP contribution in [0.4, 0.5) is 0 Å². The zero-order chi connectivity index (χ0) is 16.0. The molecule has 0 unspecified atom stereocenters. The van der Waals surface area contributed by atoms with Gasteiger partial charge in [0.05, 0.1) is 13.2 Å². The average molecular weight is 341 g/mol. The molecule has 1 aromatic carbocycles. The van der Waals surface area contributed by atoms with E-state index in [1.807, 2.05) is 24.3 Å². The third-order valence-electron chi connectivity index (χ3n) is 4.05. The van der Waals surface area contributed by atoms with Crippen molar-refractivity contribution in [2.24, 2.45) is 0 Å². The van der Waals surface area contributed by atoms with Crippen molar-refractivity contribution >= 4 is 18.3 Å². The first kappa shape index (κ1) is 19.9. The van der Waals surface area contributed by atoms with Crippen LogP contribution in [0.3, 0.4) is 0 Å². The van der Waals surface area contributed by atoms with Gasteiger partial charge in [-0.1, -0.05) is 32.9 Å². The summed E-state index contributed by atoms with van der Waals surface area (Å²) in [6, 6.07) is 7.92. The quantitative estimate of drug-likeness (QED) is 0.838. The fourth-order valence-electron chi connectivity index (χ4n) is 2.55. The number of benzene rings is 1. The van der Waals surface area contributed by atoms with E-state index in [0.717, 1.165) is 51.4 Å². The molecule has 0 aliphatic carbocycles. The van der Waals surface area contributed by atoms with Gasteiger partial charge in [-0.2, -0.15) is 0 Å². The molecule has 1 saturated heterocycles. The van der Waals surface area contributed by atoms with E-state index in [2.05, 4.69) is 31.0 Å². The number of carbonyl (C=O) groups excluding carboxylic acids is 1. The molecule has 130 valence electrons. The van der Waals surface area contributed by atoms with E-state index in [-0.39, 0.29) is 23.7 Å². The molecule has 23 heavy (non-hydrogen) atoms. The molecule has 1 fully saturated rings. The summed E-state index contributed by atoms with van der Waals surface area (Å²) >= 11 is 0. The van der Waals surface area contributed by atoms with Gasteiger partial charge in [0.25, 0.3) is 5.91 Å². The molecule has 0 spiro atoms. The van der Waals surface area contributed by atoms with Crippen molar-refractivity contribution < 1.29 is 9.53 Å². The Morgan fingerprint density at radius 2 is 1.78 bits per heavy atom. The standard InChI is InChI=1S/C18H28N2O2.ClH/c1-18(2,3)16-7-5-15(6-8-16)17(21)19-9-4-10-20-11-13-22-14-12-20;/h5-8H,4,9-14H2,1-3H3,(H,19,21);1H. The smallest absolute Gasteiger partial charge is 0.251 e. The number of rotatable bonds is 5. The van der Waals surface area contributed by atoms with Gasteiger partial charge in [-0.05, 0) is 36.1 Å². The minimum absolute atomic E-state index is 0. The van der Waals surface area contributed by atoms with Crippen LogP contribution >= 0.6 is 12.4 Å². The summed E-state index contributed by atoms with van der Waals surface area (Å²) in [6.07, 6.45) is 0.978. The van der Waals surface area contributed by atoms with Crippen LogP contribution in [0.15, 0.2) is 24.3 Å². The van der Waals surface area contributed by atoms with Crippen molar-refractivity contribution in [3.63, 3.8) is 0 Å². The molecule has 1 aromatic rings. The number of ether oxygens (including phenoxy) is 1. The number of morpholine rings is 1. The Morgan fingerprint density at radius 3 is 2.35 bits per heavy atom. The molecule has 0 aromatic heterocycles. The second kappa shape index (κ2) is 9.26. The molecule has 1 heterocycles. The number of hydrogen-bond acceptors (Lipinski definition) is 3. The van der Waals surface area contributed by atoms with Crippen molar-refractivity contribution in [3.8, 4) is 0 Å². The highest BCUT2D eigenvalue weighted by molar-refractivity contribution is 5.94. The van der Waals surface area contributed by atoms with Crippen LogP contribution in [0.5, 0.6) is 0 Å². The number of amides is 1. The highest BCUT2D eigenvalue weighted by Gasteiger charge is 2.14. The summed E-state index contributed by atoms with van der Waals surface area (Å²) in [4.78, 5) is 14.5. The first-order valence-corrected chi connectivity index (χ1v) is 8.16. The van der Waals surface area contributed by atoms with E-state index in [1.165, 1.54) is 5.56 Å². The fraction of sp³-hybridized carbons (Fsp3) is 0.611. The molecule has 2 rings (SSSR count). The maximum absolute atomic E-state index is 12.1. The number of halogens is 1. The highest BCUT2D eigenvalue weighted by atomic mass is 35.5. The van der Waals surface area contributed by atoms with Crippen molar-refractivity contribution in [1.82, 2.24) is 10.2 Å². The summed E-state index contributed by atoms with van der Waals surface area (Å²) in [5.41, 5.74) is 2.10. The van der Waals surface area contributed by atoms with E-state index in [9.17, 15) is 4.79 Å². The SMILES string of the molecule is CC(C)(C)c1ccc(C(=O)NCCCN2CCOCC2)cc1.Cl. The number of hydrogen-bond donors (Lipinski definition) is 1. The molecule has 5 heteroatoms. The minimum Gasteiger partial charge on any atom is -0.379 e. The second-order valence-electron chi connectivity index (χ2n) is 6.89. The van der Waals surface area contributed by atoms with Crippen molar-refractivity contribution in [2.45, 2.75) is 32.6 Å². The van der Waals surface area contributed by atoms with E-state index in [0.29, 0.717) is 0 Å². The summed E-state index contributed by atoms with van der Waals surface area (Å²) in [5.74, 6) is 0.0161. The topological polar surface area (TPSA) is 41.6 Å². The molecule has 0 radical (unpaired) electrons. The first-order valence-electron chi connectivity index (χ1n) is 8.16. The van der Waals surface area contributed by atoms with E-state index < -0.39 is 0 Å². The Morgan fingerprint density at radius 1 is 1.17 bits per heavy atom. The largest absolute Gasteiger partial charge is 0.379 e. The van der Waals surface area contributed by atoms with Crippen LogP contribution in [-0.2, 0) is 10.2 Å². The molecular formula is C18H29ClN2O2. The molecule has 0 bridgehead atoms. The Balaban J connectivity index is 0.00000264. The third kappa shape index (κ3) is 6.50. The summed E-state index contributed by atoms with van der Waals surface area (Å²) < 4.78 is 5.32. The first-order chi connectivity index (χ1) is 10.5. The zero-order valence-electron chi connectivity index (χ0n) is 14.4. The summed E-state index contributed by atoms with van der Waals surface area (Å²) in [6.45, 7) is 11.9. The molecule has 1 amide bonds. The van der Waals surface area contributed by atoms with Crippen molar-refractivity contribution in [3.05, 3.63) is 35.4 Å². The van der Waals surface area contributed by atoms with Crippen LogP contribution in [0.25, 0.3) is 0 Å². The van der Waals surface area contributed by atoms with Crippen molar-refractivity contribution in [1.29, 1.82) is 0 Å². The van der Waals surface area contributed by atoms with Gasteiger partial charge in [-0.3, -0.25) is 9.69 Å². The summed E-state index contributed by atoms with van der Waals surface area (Å²) in [7, 11) is 0. The molecule has 0 saturated carbocycles. The molecule has 1 aliphatic heterocycles. The van der Waals surface area contributed by atoms with Crippen LogP contribution in [0, 0.1) is 0 Å². The Kier molecular flexibility index (Phi) is 8.03. The van der Waals surface area contributed by atoms with Crippen LogP contribution < -0.4 is 5.32 Å². The van der Waals surface area contributed by atoms with Gasteiger partial charge in [-0.25, -0.2) is 0 Å². The van der Waals surface area contributed by atoms with Gasteiger partial charge in [0, 0.05) is 25.2 Å². The third-order valence-corrected chi connectivity index (χ3v) is 4.05. The maximum atomic E-state index is 12.1. The van der Waals surface area contributed by atoms with Gasteiger partial charge in [-0.15, -0.1) is 12.4 Å². The predicted molar refractivity (Wildman–Crippen MR) is 96.6 cm³/mol. The lowest BCUT2D eigenvalue weighted by atomic mass is 9.87. The van der Waals surface area contributed by atoms with Crippen LogP contribution in [-0.4, -0.2) is 50.2 Å². The second-order valence-corrected chi connectivity index (χ2v) is 6.89. The number of carbonyl (C=O) groups is 1. The Labute approximate surface area is 146 Å². The minimum atomic E-state index is 0. The average Bonchev–Trinajstić information content (AvgIpc) is 2.52. The lowest BCUT2D eigenvalue weighted by molar-refractivity contribution is 0.0374. The maximum Gasteiger partial charge on any atom is 0.251 e. The summed E-state index contributed by atoms with van der Waals surface area (Å²) in [5, 5.41) is 3.00. The van der Waals surface area contributed by atoms with Crippen LogP contribution in [0.2, 0.25) is 0 Å². The monoisotopic (exact) mass is 340 g/mol. The molecule has 0 atom stereocenters. The van der Waals surface area contributed by atoms with E-state index >= 15 is 0 Å². The Hall–Kier alpha value is -1.10. The zero-order valence-corrected chi connectivity index (χ0v) is 15.2. The molecular weight excluding hydrogens is 312 g/mol. The van der Waals surface area contributed by atoms with Crippen LogP contribution in [0.1, 0.15) is 43.1 Å². The lowest BCUT2D eigenvalue weighted by Gasteiger charge is -2.26. The normalized spacial score (nSPS) is 15.8.